The van der Waals surface area contributed by atoms with E-state index in [1.54, 1.807) is 6.20 Å². The minimum Gasteiger partial charge on any atom is -0.333 e. The largest absolute Gasteiger partial charge is 0.333 e. The van der Waals surface area contributed by atoms with Gasteiger partial charge in [0, 0.05) is 30.7 Å². The number of nitrogens with zero attached hydrogens (tertiary/aromatic N) is 2. The normalized spacial score (nSPS) is 18.0. The predicted molar refractivity (Wildman–Crippen MR) is 84.3 cm³/mol. The summed E-state index contributed by atoms with van der Waals surface area (Å²) in [5.41, 5.74) is 0.577. The summed E-state index contributed by atoms with van der Waals surface area (Å²) >= 11 is 0. The smallest absolute Gasteiger partial charge is 0.273 e. The van der Waals surface area contributed by atoms with E-state index in [1.807, 2.05) is 35.2 Å². The van der Waals surface area contributed by atoms with Crippen molar-refractivity contribution < 1.29 is 4.79 Å². The topological polar surface area (TPSA) is 45.2 Å². The second-order valence-corrected chi connectivity index (χ2v) is 5.53. The van der Waals surface area contributed by atoms with E-state index in [4.69, 9.17) is 0 Å². The molecule has 0 saturated carbocycles. The van der Waals surface area contributed by atoms with Crippen LogP contribution in [0.4, 0.5) is 0 Å². The second-order valence-electron chi connectivity index (χ2n) is 5.53. The molecule has 1 aromatic carbocycles. The van der Waals surface area contributed by atoms with Crippen LogP contribution in [0.1, 0.15) is 30.3 Å². The second kappa shape index (κ2) is 6.22. The minimum atomic E-state index is 0.0577. The zero-order valence-corrected chi connectivity index (χ0v) is 12.4. The molecule has 1 N–H and O–H groups in total. The number of carbonyl (C=O) groups excluding carboxylic acids is 1. The van der Waals surface area contributed by atoms with Crippen molar-refractivity contribution in [2.45, 2.75) is 25.8 Å². The third kappa shape index (κ3) is 2.76. The summed E-state index contributed by atoms with van der Waals surface area (Å²) in [5.74, 6) is 0.0577. The molecule has 0 radical (unpaired) electrons. The summed E-state index contributed by atoms with van der Waals surface area (Å²) in [5, 5.41) is 5.35. The number of amides is 1. The van der Waals surface area contributed by atoms with E-state index in [2.05, 4.69) is 17.2 Å². The summed E-state index contributed by atoms with van der Waals surface area (Å²) in [7, 11) is 0. The molecule has 1 aliphatic rings. The molecular formula is C17H21N3O. The lowest BCUT2D eigenvalue weighted by atomic mass is 10.1. The van der Waals surface area contributed by atoms with Crippen molar-refractivity contribution in [1.29, 1.82) is 0 Å². The average molecular weight is 283 g/mol. The molecule has 1 aliphatic heterocycles. The Morgan fingerprint density at radius 1 is 1.38 bits per heavy atom. The van der Waals surface area contributed by atoms with Crippen molar-refractivity contribution in [3.8, 4) is 0 Å². The Balaban J connectivity index is 1.97. The molecule has 4 nitrogen and oxygen atoms in total. The zero-order chi connectivity index (χ0) is 14.7. The van der Waals surface area contributed by atoms with E-state index >= 15 is 0 Å². The number of aromatic nitrogens is 1. The Hall–Kier alpha value is -1.94. The van der Waals surface area contributed by atoms with E-state index in [0.29, 0.717) is 11.7 Å². The molecular weight excluding hydrogens is 262 g/mol. The van der Waals surface area contributed by atoms with Gasteiger partial charge in [-0.25, -0.2) is 0 Å². The van der Waals surface area contributed by atoms with Gasteiger partial charge in [0.1, 0.15) is 5.69 Å². The molecule has 110 valence electrons. The first-order valence-electron chi connectivity index (χ1n) is 7.66. The molecule has 1 aromatic heterocycles. The number of fused-ring (bicyclic) bond motifs is 1. The third-order valence-electron chi connectivity index (χ3n) is 4.08. The van der Waals surface area contributed by atoms with Gasteiger partial charge in [0.15, 0.2) is 0 Å². The van der Waals surface area contributed by atoms with Crippen LogP contribution in [0.2, 0.25) is 0 Å². The van der Waals surface area contributed by atoms with Crippen LogP contribution in [0.25, 0.3) is 10.8 Å². The summed E-state index contributed by atoms with van der Waals surface area (Å²) in [4.78, 5) is 19.3. The number of rotatable bonds is 4. The SMILES string of the molecule is CCCN(C(=O)c1nccc2ccccc12)C1CCNC1. The first-order chi connectivity index (χ1) is 10.3. The summed E-state index contributed by atoms with van der Waals surface area (Å²) < 4.78 is 0. The Morgan fingerprint density at radius 3 is 3.00 bits per heavy atom. The van der Waals surface area contributed by atoms with Crippen LogP contribution >= 0.6 is 0 Å². The number of nitrogens with one attached hydrogen (secondary N) is 1. The summed E-state index contributed by atoms with van der Waals surface area (Å²) in [6.45, 7) is 4.77. The van der Waals surface area contributed by atoms with Crippen molar-refractivity contribution >= 4 is 16.7 Å². The highest BCUT2D eigenvalue weighted by atomic mass is 16.2. The summed E-state index contributed by atoms with van der Waals surface area (Å²) in [6.07, 6.45) is 3.72. The van der Waals surface area contributed by atoms with Gasteiger partial charge in [-0.2, -0.15) is 0 Å². The molecule has 0 bridgehead atoms. The zero-order valence-electron chi connectivity index (χ0n) is 12.4. The standard InChI is InChI=1S/C17H21N3O/c1-2-11-20(14-8-9-18-12-14)17(21)16-15-6-4-3-5-13(15)7-10-19-16/h3-7,10,14,18H,2,8-9,11-12H2,1H3. The van der Waals surface area contributed by atoms with E-state index in [-0.39, 0.29) is 5.91 Å². The highest BCUT2D eigenvalue weighted by molar-refractivity contribution is 6.05. The molecule has 21 heavy (non-hydrogen) atoms. The van der Waals surface area contributed by atoms with Crippen LogP contribution in [-0.4, -0.2) is 41.5 Å². The Bertz CT molecular complexity index is 629. The molecule has 2 heterocycles. The van der Waals surface area contributed by atoms with Crippen LogP contribution in [0.5, 0.6) is 0 Å². The Morgan fingerprint density at radius 2 is 2.24 bits per heavy atom. The van der Waals surface area contributed by atoms with Gasteiger partial charge in [-0.05, 0) is 30.8 Å². The molecule has 2 aromatic rings. The van der Waals surface area contributed by atoms with E-state index in [9.17, 15) is 4.79 Å². The van der Waals surface area contributed by atoms with Crippen LogP contribution in [0, 0.1) is 0 Å². The van der Waals surface area contributed by atoms with E-state index in [0.717, 1.165) is 43.2 Å². The Labute approximate surface area is 125 Å². The lowest BCUT2D eigenvalue weighted by Crippen LogP contribution is -2.42. The van der Waals surface area contributed by atoms with Crippen LogP contribution in [0.15, 0.2) is 36.5 Å². The molecule has 1 amide bonds. The highest BCUT2D eigenvalue weighted by Gasteiger charge is 2.28. The molecule has 1 unspecified atom stereocenters. The van der Waals surface area contributed by atoms with E-state index in [1.165, 1.54) is 0 Å². The van der Waals surface area contributed by atoms with Gasteiger partial charge in [-0.15, -0.1) is 0 Å². The lowest BCUT2D eigenvalue weighted by molar-refractivity contribution is 0.0688. The number of hydrogen-bond acceptors (Lipinski definition) is 3. The first kappa shape index (κ1) is 14.0. The molecule has 4 heteroatoms. The van der Waals surface area contributed by atoms with Crippen LogP contribution in [0.3, 0.4) is 0 Å². The first-order valence-corrected chi connectivity index (χ1v) is 7.66. The third-order valence-corrected chi connectivity index (χ3v) is 4.08. The van der Waals surface area contributed by atoms with Gasteiger partial charge in [0.05, 0.1) is 0 Å². The quantitative estimate of drug-likeness (QED) is 0.937. The van der Waals surface area contributed by atoms with Crippen LogP contribution < -0.4 is 5.32 Å². The Kier molecular flexibility index (Phi) is 4.15. The molecule has 0 spiro atoms. The van der Waals surface area contributed by atoms with Gasteiger partial charge < -0.3 is 10.2 Å². The monoisotopic (exact) mass is 283 g/mol. The molecule has 1 atom stereocenters. The summed E-state index contributed by atoms with van der Waals surface area (Å²) in [6, 6.07) is 10.2. The fourth-order valence-electron chi connectivity index (χ4n) is 3.02. The van der Waals surface area contributed by atoms with Crippen molar-refractivity contribution in [1.82, 2.24) is 15.2 Å². The van der Waals surface area contributed by atoms with Gasteiger partial charge in [0.2, 0.25) is 0 Å². The number of carbonyl (C=O) groups is 1. The number of benzene rings is 1. The van der Waals surface area contributed by atoms with Gasteiger partial charge in [-0.1, -0.05) is 31.2 Å². The van der Waals surface area contributed by atoms with Gasteiger partial charge >= 0.3 is 0 Å². The van der Waals surface area contributed by atoms with E-state index < -0.39 is 0 Å². The van der Waals surface area contributed by atoms with Crippen molar-refractivity contribution in [3.05, 3.63) is 42.2 Å². The highest BCUT2D eigenvalue weighted by Crippen LogP contribution is 2.20. The fourth-order valence-corrected chi connectivity index (χ4v) is 3.02. The maximum atomic E-state index is 13.0. The number of hydrogen-bond donors (Lipinski definition) is 1. The maximum Gasteiger partial charge on any atom is 0.273 e. The molecule has 1 fully saturated rings. The maximum absolute atomic E-state index is 13.0. The molecule has 1 saturated heterocycles. The average Bonchev–Trinajstić information content (AvgIpc) is 3.05. The lowest BCUT2D eigenvalue weighted by Gasteiger charge is -2.28. The molecule has 3 rings (SSSR count). The molecule has 0 aliphatic carbocycles. The predicted octanol–water partition coefficient (Wildman–Crippen LogP) is 2.45. The van der Waals surface area contributed by atoms with Crippen molar-refractivity contribution in [3.63, 3.8) is 0 Å². The minimum absolute atomic E-state index is 0.0577. The van der Waals surface area contributed by atoms with Crippen molar-refractivity contribution in [2.75, 3.05) is 19.6 Å². The van der Waals surface area contributed by atoms with Crippen molar-refractivity contribution in [2.24, 2.45) is 0 Å². The van der Waals surface area contributed by atoms with Crippen LogP contribution in [-0.2, 0) is 0 Å². The van der Waals surface area contributed by atoms with Gasteiger partial charge in [-0.3, -0.25) is 9.78 Å². The fraction of sp³-hybridized carbons (Fsp3) is 0.412. The number of pyridine rings is 1. The van der Waals surface area contributed by atoms with Gasteiger partial charge in [0.25, 0.3) is 5.91 Å².